The van der Waals surface area contributed by atoms with Gasteiger partial charge >= 0.3 is 0 Å². The Morgan fingerprint density at radius 2 is 2.22 bits per heavy atom. The molecular weight excluding hydrogens is 308 g/mol. The Labute approximate surface area is 141 Å². The first-order valence-corrected chi connectivity index (χ1v) is 8.59. The van der Waals surface area contributed by atoms with Gasteiger partial charge in [-0.15, -0.1) is 11.3 Å². The molecule has 0 fully saturated rings. The highest BCUT2D eigenvalue weighted by Crippen LogP contribution is 2.13. The van der Waals surface area contributed by atoms with Crippen LogP contribution < -0.4 is 15.4 Å². The zero-order valence-corrected chi connectivity index (χ0v) is 14.7. The number of ether oxygens (including phenoxy) is 1. The first-order valence-electron chi connectivity index (χ1n) is 7.77. The van der Waals surface area contributed by atoms with Crippen LogP contribution in [0.5, 0.6) is 5.75 Å². The van der Waals surface area contributed by atoms with E-state index in [0.29, 0.717) is 6.54 Å². The topological polar surface area (TPSA) is 58.5 Å². The molecule has 1 aromatic carbocycles. The van der Waals surface area contributed by atoms with Gasteiger partial charge in [0.05, 0.1) is 13.7 Å². The van der Waals surface area contributed by atoms with Crippen LogP contribution in [0.3, 0.4) is 0 Å². The van der Waals surface area contributed by atoms with Gasteiger partial charge in [0, 0.05) is 24.2 Å². The molecule has 0 bridgehead atoms. The van der Waals surface area contributed by atoms with Gasteiger partial charge < -0.3 is 15.4 Å². The number of hydrogen-bond acceptors (Lipinski definition) is 4. The lowest BCUT2D eigenvalue weighted by Gasteiger charge is -2.11. The number of nitrogens with zero attached hydrogens (tertiary/aromatic N) is 2. The maximum atomic E-state index is 5.25. The Morgan fingerprint density at radius 1 is 1.35 bits per heavy atom. The predicted molar refractivity (Wildman–Crippen MR) is 96.4 cm³/mol. The molecule has 1 aromatic heterocycles. The second-order valence-corrected chi connectivity index (χ2v) is 6.41. The van der Waals surface area contributed by atoms with Crippen LogP contribution in [0.15, 0.2) is 35.5 Å². The molecule has 6 heteroatoms. The summed E-state index contributed by atoms with van der Waals surface area (Å²) in [7, 11) is 1.69. The third-order valence-corrected chi connectivity index (χ3v) is 4.12. The molecule has 0 aliphatic heterocycles. The average molecular weight is 332 g/mol. The van der Waals surface area contributed by atoms with Crippen LogP contribution in [0.4, 0.5) is 0 Å². The van der Waals surface area contributed by atoms with Crippen molar-refractivity contribution in [3.05, 3.63) is 45.9 Å². The smallest absolute Gasteiger partial charge is 0.191 e. The minimum absolute atomic E-state index is 0.604. The van der Waals surface area contributed by atoms with Crippen LogP contribution >= 0.6 is 11.3 Å². The van der Waals surface area contributed by atoms with Gasteiger partial charge in [-0.3, -0.25) is 0 Å². The van der Waals surface area contributed by atoms with Gasteiger partial charge in [0.2, 0.25) is 0 Å². The molecule has 2 rings (SSSR count). The van der Waals surface area contributed by atoms with Crippen molar-refractivity contribution in [3.63, 3.8) is 0 Å². The van der Waals surface area contributed by atoms with E-state index >= 15 is 0 Å². The van der Waals surface area contributed by atoms with Gasteiger partial charge in [-0.2, -0.15) is 0 Å². The Hall–Kier alpha value is -2.08. The van der Waals surface area contributed by atoms with E-state index in [2.05, 4.69) is 46.6 Å². The lowest BCUT2D eigenvalue weighted by molar-refractivity contribution is 0.414. The number of methoxy groups -OCH3 is 1. The number of thiazole rings is 1. The van der Waals surface area contributed by atoms with Gasteiger partial charge in [-0.1, -0.05) is 12.1 Å². The lowest BCUT2D eigenvalue weighted by atomic mass is 10.1. The summed E-state index contributed by atoms with van der Waals surface area (Å²) in [5.74, 6) is 1.71. The highest BCUT2D eigenvalue weighted by molar-refractivity contribution is 7.11. The van der Waals surface area contributed by atoms with Gasteiger partial charge in [0.15, 0.2) is 5.96 Å². The summed E-state index contributed by atoms with van der Waals surface area (Å²) in [6, 6.07) is 8.13. The molecule has 0 saturated carbocycles. The molecule has 23 heavy (non-hydrogen) atoms. The number of nitrogens with one attached hydrogen (secondary N) is 2. The van der Waals surface area contributed by atoms with Crippen molar-refractivity contribution in [1.82, 2.24) is 15.6 Å². The van der Waals surface area contributed by atoms with Crippen LogP contribution in [-0.2, 0) is 13.0 Å². The van der Waals surface area contributed by atoms with Gasteiger partial charge in [0.1, 0.15) is 10.8 Å². The second-order valence-electron chi connectivity index (χ2n) is 5.09. The Morgan fingerprint density at radius 3 is 2.91 bits per heavy atom. The van der Waals surface area contributed by atoms with Gasteiger partial charge in [0.25, 0.3) is 0 Å². The number of benzene rings is 1. The van der Waals surface area contributed by atoms with E-state index in [9.17, 15) is 0 Å². The van der Waals surface area contributed by atoms with Crippen molar-refractivity contribution < 1.29 is 4.74 Å². The molecule has 0 aliphatic carbocycles. The van der Waals surface area contributed by atoms with Gasteiger partial charge in [-0.25, -0.2) is 9.98 Å². The Kier molecular flexibility index (Phi) is 6.87. The van der Waals surface area contributed by atoms with Crippen LogP contribution in [0.1, 0.15) is 22.4 Å². The number of guanidine groups is 1. The van der Waals surface area contributed by atoms with Crippen molar-refractivity contribution in [2.24, 2.45) is 4.99 Å². The normalized spacial score (nSPS) is 11.3. The van der Waals surface area contributed by atoms with E-state index in [0.717, 1.165) is 36.2 Å². The molecule has 2 aromatic rings. The molecule has 5 nitrogen and oxygen atoms in total. The molecule has 124 valence electrons. The number of aromatic nitrogens is 1. The summed E-state index contributed by atoms with van der Waals surface area (Å²) in [5.41, 5.74) is 1.24. The van der Waals surface area contributed by atoms with E-state index in [4.69, 9.17) is 4.74 Å². The number of aliphatic imine (C=N–C) groups is 1. The molecule has 1 heterocycles. The predicted octanol–water partition coefficient (Wildman–Crippen LogP) is 2.76. The van der Waals surface area contributed by atoms with Gasteiger partial charge in [-0.05, 0) is 38.0 Å². The monoisotopic (exact) mass is 332 g/mol. The Bertz CT molecular complexity index is 639. The lowest BCUT2D eigenvalue weighted by Crippen LogP contribution is -2.38. The molecular formula is C17H24N4OS. The summed E-state index contributed by atoms with van der Waals surface area (Å²) < 4.78 is 5.25. The standard InChI is InChI=1S/C17H24N4OS/c1-4-18-17(21-12-16-20-11-13(2)23-16)19-9-8-14-6-5-7-15(10-14)22-3/h5-7,10-11H,4,8-9,12H2,1-3H3,(H2,18,19,21). The van der Waals surface area contributed by atoms with Crippen molar-refractivity contribution in [2.45, 2.75) is 26.8 Å². The number of aryl methyl sites for hydroxylation is 1. The van der Waals surface area contributed by atoms with Crippen molar-refractivity contribution in [2.75, 3.05) is 20.2 Å². The second kappa shape index (κ2) is 9.15. The fourth-order valence-corrected chi connectivity index (χ4v) is 2.83. The fraction of sp³-hybridized carbons (Fsp3) is 0.412. The quantitative estimate of drug-likeness (QED) is 0.605. The van der Waals surface area contributed by atoms with Crippen LogP contribution in [0.25, 0.3) is 0 Å². The number of hydrogen-bond donors (Lipinski definition) is 2. The maximum Gasteiger partial charge on any atom is 0.191 e. The van der Waals surface area contributed by atoms with E-state index in [1.807, 2.05) is 18.3 Å². The van der Waals surface area contributed by atoms with Crippen LogP contribution in [0.2, 0.25) is 0 Å². The van der Waals surface area contributed by atoms with E-state index in [-0.39, 0.29) is 0 Å². The molecule has 0 radical (unpaired) electrons. The molecule has 2 N–H and O–H groups in total. The zero-order valence-electron chi connectivity index (χ0n) is 13.9. The van der Waals surface area contributed by atoms with Crippen LogP contribution in [-0.4, -0.2) is 31.1 Å². The summed E-state index contributed by atoms with van der Waals surface area (Å²) in [4.78, 5) is 10.1. The summed E-state index contributed by atoms with van der Waals surface area (Å²) in [5, 5.41) is 7.65. The Balaban J connectivity index is 1.86. The minimum atomic E-state index is 0.604. The first-order chi connectivity index (χ1) is 11.2. The van der Waals surface area contributed by atoms with Crippen molar-refractivity contribution >= 4 is 17.3 Å². The molecule has 0 atom stereocenters. The van der Waals surface area contributed by atoms with E-state index in [1.165, 1.54) is 10.4 Å². The summed E-state index contributed by atoms with van der Waals surface area (Å²) in [6.45, 7) is 6.38. The summed E-state index contributed by atoms with van der Waals surface area (Å²) in [6.07, 6.45) is 2.80. The highest BCUT2D eigenvalue weighted by atomic mass is 32.1. The molecule has 0 saturated heterocycles. The van der Waals surface area contributed by atoms with Crippen molar-refractivity contribution in [1.29, 1.82) is 0 Å². The number of rotatable bonds is 7. The molecule has 0 aliphatic rings. The molecule has 0 spiro atoms. The fourth-order valence-electron chi connectivity index (χ4n) is 2.12. The maximum absolute atomic E-state index is 5.25. The molecule has 0 unspecified atom stereocenters. The first kappa shape index (κ1) is 17.3. The minimum Gasteiger partial charge on any atom is -0.497 e. The van der Waals surface area contributed by atoms with E-state index < -0.39 is 0 Å². The molecule has 0 amide bonds. The largest absolute Gasteiger partial charge is 0.497 e. The third kappa shape index (κ3) is 5.90. The SMILES string of the molecule is CCNC(=NCc1ncc(C)s1)NCCc1cccc(OC)c1. The van der Waals surface area contributed by atoms with E-state index in [1.54, 1.807) is 18.4 Å². The van der Waals surface area contributed by atoms with Crippen LogP contribution in [0, 0.1) is 6.92 Å². The summed E-state index contributed by atoms with van der Waals surface area (Å²) >= 11 is 1.68. The van der Waals surface area contributed by atoms with Crippen molar-refractivity contribution in [3.8, 4) is 5.75 Å². The third-order valence-electron chi connectivity index (χ3n) is 3.23. The zero-order chi connectivity index (χ0) is 16.5. The highest BCUT2D eigenvalue weighted by Gasteiger charge is 2.01. The average Bonchev–Trinajstić information content (AvgIpc) is 2.98.